The van der Waals surface area contributed by atoms with Crippen molar-refractivity contribution in [3.63, 3.8) is 0 Å². The number of methoxy groups -OCH3 is 2. The zero-order chi connectivity index (χ0) is 19.3. The molecule has 2 aromatic rings. The molecule has 0 spiro atoms. The second-order valence-electron chi connectivity index (χ2n) is 5.33. The third-order valence-corrected chi connectivity index (χ3v) is 5.92. The summed E-state index contributed by atoms with van der Waals surface area (Å²) in [4.78, 5) is 12.4. The van der Waals surface area contributed by atoms with Crippen molar-refractivity contribution in [2.24, 2.45) is 0 Å². The fraction of sp³-hybridized carbons (Fsp3) is 0.235. The number of sulfonamides is 1. The normalized spacial score (nSPS) is 11.3. The minimum Gasteiger partial charge on any atom is -0.497 e. The van der Waals surface area contributed by atoms with Gasteiger partial charge in [-0.05, 0) is 36.4 Å². The minimum atomic E-state index is -3.78. The molecule has 0 unspecified atom stereocenters. The molecule has 140 valence electrons. The Kier molecular flexibility index (Phi) is 6.63. The molecular formula is C17H19BrN2O5S. The molecule has 0 fully saturated rings. The zero-order valence-corrected chi connectivity index (χ0v) is 16.9. The molecule has 26 heavy (non-hydrogen) atoms. The number of nitrogens with zero attached hydrogens (tertiary/aromatic N) is 1. The van der Waals surface area contributed by atoms with Crippen LogP contribution in [0.4, 0.5) is 5.69 Å². The molecular weight excluding hydrogens is 424 g/mol. The molecule has 9 heteroatoms. The number of hydrogen-bond acceptors (Lipinski definition) is 5. The predicted octanol–water partition coefficient (Wildman–Crippen LogP) is 2.73. The maximum atomic E-state index is 12.5. The van der Waals surface area contributed by atoms with Crippen LogP contribution in [0.25, 0.3) is 0 Å². The number of carbonyl (C=O) groups excluding carboxylic acids is 1. The summed E-state index contributed by atoms with van der Waals surface area (Å²) in [5.74, 6) is 0.481. The standard InChI is InChI=1S/C17H19BrN2O5S/c1-20(26(22,23)14-7-4-12(18)5-8-14)11-17(21)19-15-10-13(24-2)6-9-16(15)25-3/h4-10H,11H2,1-3H3,(H,19,21). The molecule has 0 saturated carbocycles. The van der Waals surface area contributed by atoms with Crippen LogP contribution in [0.15, 0.2) is 51.8 Å². The maximum absolute atomic E-state index is 12.5. The number of anilines is 1. The lowest BCUT2D eigenvalue weighted by atomic mass is 10.2. The fourth-order valence-electron chi connectivity index (χ4n) is 2.18. The predicted molar refractivity (Wildman–Crippen MR) is 102 cm³/mol. The van der Waals surface area contributed by atoms with E-state index in [1.807, 2.05) is 0 Å². The number of benzene rings is 2. The smallest absolute Gasteiger partial charge is 0.243 e. The number of halogens is 1. The second kappa shape index (κ2) is 8.52. The molecule has 1 amide bonds. The lowest BCUT2D eigenvalue weighted by Gasteiger charge is -2.18. The molecule has 0 bridgehead atoms. The Hall–Kier alpha value is -2.10. The third-order valence-electron chi connectivity index (χ3n) is 3.57. The first-order chi connectivity index (χ1) is 12.3. The first-order valence-electron chi connectivity index (χ1n) is 7.51. The Bertz CT molecular complexity index is 885. The van der Waals surface area contributed by atoms with Crippen LogP contribution in [0.3, 0.4) is 0 Å². The van der Waals surface area contributed by atoms with Crippen LogP contribution in [-0.2, 0) is 14.8 Å². The Morgan fingerprint density at radius 3 is 2.35 bits per heavy atom. The van der Waals surface area contributed by atoms with E-state index in [2.05, 4.69) is 21.2 Å². The molecule has 2 aromatic carbocycles. The summed E-state index contributed by atoms with van der Waals surface area (Å²) in [5.41, 5.74) is 0.395. The highest BCUT2D eigenvalue weighted by Crippen LogP contribution is 2.29. The molecule has 7 nitrogen and oxygen atoms in total. The topological polar surface area (TPSA) is 84.9 Å². The van der Waals surface area contributed by atoms with Crippen LogP contribution in [0.1, 0.15) is 0 Å². The van der Waals surface area contributed by atoms with Gasteiger partial charge in [-0.2, -0.15) is 4.31 Å². The van der Waals surface area contributed by atoms with Gasteiger partial charge < -0.3 is 14.8 Å². The van der Waals surface area contributed by atoms with E-state index in [4.69, 9.17) is 9.47 Å². The Balaban J connectivity index is 2.13. The molecule has 2 rings (SSSR count). The number of hydrogen-bond donors (Lipinski definition) is 1. The highest BCUT2D eigenvalue weighted by atomic mass is 79.9. The van der Waals surface area contributed by atoms with E-state index in [9.17, 15) is 13.2 Å². The van der Waals surface area contributed by atoms with E-state index in [1.165, 1.54) is 33.4 Å². The fourth-order valence-corrected chi connectivity index (χ4v) is 3.57. The summed E-state index contributed by atoms with van der Waals surface area (Å²) < 4.78 is 37.1. The molecule has 0 radical (unpaired) electrons. The van der Waals surface area contributed by atoms with Gasteiger partial charge in [0.2, 0.25) is 15.9 Å². The second-order valence-corrected chi connectivity index (χ2v) is 8.29. The van der Waals surface area contributed by atoms with Gasteiger partial charge in [-0.3, -0.25) is 4.79 Å². The molecule has 1 N–H and O–H groups in total. The molecule has 0 aliphatic carbocycles. The molecule has 0 heterocycles. The molecule has 0 aliphatic rings. The minimum absolute atomic E-state index is 0.106. The average molecular weight is 443 g/mol. The summed E-state index contributed by atoms with van der Waals surface area (Å²) in [6.45, 7) is -0.348. The van der Waals surface area contributed by atoms with Crippen molar-refractivity contribution in [2.75, 3.05) is 33.1 Å². The van der Waals surface area contributed by atoms with Crippen LogP contribution >= 0.6 is 15.9 Å². The Morgan fingerprint density at radius 2 is 1.77 bits per heavy atom. The van der Waals surface area contributed by atoms with Crippen LogP contribution in [0, 0.1) is 0 Å². The van der Waals surface area contributed by atoms with Crippen molar-refractivity contribution in [1.82, 2.24) is 4.31 Å². The summed E-state index contributed by atoms with van der Waals surface area (Å²) in [5, 5.41) is 2.64. The van der Waals surface area contributed by atoms with Gasteiger partial charge in [-0.15, -0.1) is 0 Å². The summed E-state index contributed by atoms with van der Waals surface area (Å²) in [6.07, 6.45) is 0. The van der Waals surface area contributed by atoms with Gasteiger partial charge in [0.25, 0.3) is 0 Å². The monoisotopic (exact) mass is 442 g/mol. The lowest BCUT2D eigenvalue weighted by Crippen LogP contribution is -2.35. The van der Waals surface area contributed by atoms with Crippen LogP contribution in [-0.4, -0.2) is 46.4 Å². The van der Waals surface area contributed by atoms with Gasteiger partial charge >= 0.3 is 0 Å². The van der Waals surface area contributed by atoms with Gasteiger partial charge in [-0.1, -0.05) is 15.9 Å². The summed E-state index contributed by atoms with van der Waals surface area (Å²) >= 11 is 3.26. The first-order valence-corrected chi connectivity index (χ1v) is 9.75. The van der Waals surface area contributed by atoms with Crippen molar-refractivity contribution in [1.29, 1.82) is 0 Å². The van der Waals surface area contributed by atoms with Gasteiger partial charge in [0.1, 0.15) is 11.5 Å². The number of likely N-dealkylation sites (N-methyl/N-ethyl adjacent to an activating group) is 1. The quantitative estimate of drug-likeness (QED) is 0.712. The zero-order valence-electron chi connectivity index (χ0n) is 14.5. The molecule has 0 aliphatic heterocycles. The molecule has 0 atom stereocenters. The number of rotatable bonds is 7. The van der Waals surface area contributed by atoms with Gasteiger partial charge in [0, 0.05) is 17.6 Å². The lowest BCUT2D eigenvalue weighted by molar-refractivity contribution is -0.116. The van der Waals surface area contributed by atoms with Gasteiger partial charge in [-0.25, -0.2) is 8.42 Å². The molecule has 0 aromatic heterocycles. The first kappa shape index (κ1) is 20.2. The van der Waals surface area contributed by atoms with E-state index in [0.29, 0.717) is 17.2 Å². The SMILES string of the molecule is COc1ccc(OC)c(NC(=O)CN(C)S(=O)(=O)c2ccc(Br)cc2)c1. The van der Waals surface area contributed by atoms with Crippen LogP contribution in [0.5, 0.6) is 11.5 Å². The molecule has 0 saturated heterocycles. The van der Waals surface area contributed by atoms with Gasteiger partial charge in [0.15, 0.2) is 0 Å². The number of carbonyl (C=O) groups is 1. The summed E-state index contributed by atoms with van der Waals surface area (Å²) in [7, 11) is 0.551. The average Bonchev–Trinajstić information content (AvgIpc) is 2.61. The van der Waals surface area contributed by atoms with Crippen molar-refractivity contribution in [2.45, 2.75) is 4.90 Å². The Morgan fingerprint density at radius 1 is 1.12 bits per heavy atom. The number of amides is 1. The van der Waals surface area contributed by atoms with Crippen molar-refractivity contribution in [3.05, 3.63) is 46.9 Å². The maximum Gasteiger partial charge on any atom is 0.243 e. The van der Waals surface area contributed by atoms with Gasteiger partial charge in [0.05, 0.1) is 31.3 Å². The van der Waals surface area contributed by atoms with Crippen LogP contribution < -0.4 is 14.8 Å². The number of ether oxygens (including phenoxy) is 2. The highest BCUT2D eigenvalue weighted by molar-refractivity contribution is 9.10. The van der Waals surface area contributed by atoms with Crippen molar-refractivity contribution < 1.29 is 22.7 Å². The highest BCUT2D eigenvalue weighted by Gasteiger charge is 2.23. The van der Waals surface area contributed by atoms with Crippen molar-refractivity contribution in [3.8, 4) is 11.5 Å². The van der Waals surface area contributed by atoms with E-state index >= 15 is 0 Å². The third kappa shape index (κ3) is 4.75. The van der Waals surface area contributed by atoms with E-state index in [1.54, 1.807) is 30.3 Å². The Labute approximate surface area is 161 Å². The van der Waals surface area contributed by atoms with E-state index < -0.39 is 15.9 Å². The van der Waals surface area contributed by atoms with E-state index in [-0.39, 0.29) is 11.4 Å². The van der Waals surface area contributed by atoms with Crippen molar-refractivity contribution >= 4 is 37.5 Å². The summed E-state index contributed by atoms with van der Waals surface area (Å²) in [6, 6.07) is 11.1. The van der Waals surface area contributed by atoms with E-state index in [0.717, 1.165) is 8.78 Å². The number of nitrogens with one attached hydrogen (secondary N) is 1. The van der Waals surface area contributed by atoms with Crippen LogP contribution in [0.2, 0.25) is 0 Å². The largest absolute Gasteiger partial charge is 0.497 e.